The fourth-order valence-electron chi connectivity index (χ4n) is 3.59. The number of carbonyl (C=O) groups excluding carboxylic acids is 2. The molecule has 1 aliphatic heterocycles. The highest BCUT2D eigenvalue weighted by molar-refractivity contribution is 7.89. The quantitative estimate of drug-likeness (QED) is 0.637. The van der Waals surface area contributed by atoms with Crippen molar-refractivity contribution in [3.63, 3.8) is 0 Å². The molecule has 2 aromatic rings. The first-order valence-corrected chi connectivity index (χ1v) is 11.9. The zero-order valence-electron chi connectivity index (χ0n) is 18.5. The summed E-state index contributed by atoms with van der Waals surface area (Å²) in [6, 6.07) is 11.3. The van der Waals surface area contributed by atoms with E-state index in [1.165, 1.54) is 23.5 Å². The van der Waals surface area contributed by atoms with Crippen molar-refractivity contribution in [3.05, 3.63) is 53.6 Å². The minimum atomic E-state index is -3.63. The highest BCUT2D eigenvalue weighted by Gasteiger charge is 2.32. The third-order valence-electron chi connectivity index (χ3n) is 5.53. The van der Waals surface area contributed by atoms with Gasteiger partial charge >= 0.3 is 5.97 Å². The Morgan fingerprint density at radius 2 is 1.75 bits per heavy atom. The second-order valence-corrected chi connectivity index (χ2v) is 9.53. The Hall–Kier alpha value is -2.91. The molecule has 1 fully saturated rings. The summed E-state index contributed by atoms with van der Waals surface area (Å²) in [5.74, 6) is -0.361. The summed E-state index contributed by atoms with van der Waals surface area (Å²) in [6.07, 6.45) is 0.829. The Bertz CT molecular complexity index is 1070. The van der Waals surface area contributed by atoms with Gasteiger partial charge < -0.3 is 14.8 Å². The van der Waals surface area contributed by atoms with E-state index >= 15 is 0 Å². The minimum Gasteiger partial charge on any atom is -0.497 e. The Morgan fingerprint density at radius 1 is 1.09 bits per heavy atom. The van der Waals surface area contributed by atoms with E-state index in [2.05, 4.69) is 5.32 Å². The molecule has 0 unspecified atom stereocenters. The Balaban J connectivity index is 1.63. The van der Waals surface area contributed by atoms with Gasteiger partial charge in [0.25, 0.3) is 0 Å². The largest absolute Gasteiger partial charge is 0.497 e. The molecule has 3 rings (SSSR count). The average molecular weight is 461 g/mol. The van der Waals surface area contributed by atoms with Crippen LogP contribution in [0.2, 0.25) is 0 Å². The first kappa shape index (κ1) is 23.7. The van der Waals surface area contributed by atoms with Crippen molar-refractivity contribution in [1.29, 1.82) is 0 Å². The fraction of sp³-hybridized carbons (Fsp3) is 0.391. The van der Waals surface area contributed by atoms with Crippen LogP contribution in [0.4, 0.5) is 5.69 Å². The smallest absolute Gasteiger partial charge is 0.338 e. The van der Waals surface area contributed by atoms with Gasteiger partial charge in [-0.25, -0.2) is 13.2 Å². The van der Waals surface area contributed by atoms with E-state index in [0.717, 1.165) is 5.56 Å². The van der Waals surface area contributed by atoms with Crippen molar-refractivity contribution >= 4 is 27.6 Å². The molecule has 0 bridgehead atoms. The third kappa shape index (κ3) is 5.28. The van der Waals surface area contributed by atoms with Crippen LogP contribution in [0.3, 0.4) is 0 Å². The van der Waals surface area contributed by atoms with Crippen LogP contribution in [0.15, 0.2) is 47.4 Å². The number of ether oxygens (including phenoxy) is 2. The molecular weight excluding hydrogens is 432 g/mol. The van der Waals surface area contributed by atoms with Gasteiger partial charge in [0, 0.05) is 24.7 Å². The number of nitrogens with one attached hydrogen (secondary N) is 1. The molecule has 1 N–H and O–H groups in total. The monoisotopic (exact) mass is 460 g/mol. The van der Waals surface area contributed by atoms with Crippen LogP contribution < -0.4 is 10.1 Å². The van der Waals surface area contributed by atoms with Crippen LogP contribution in [0, 0.1) is 12.8 Å². The predicted molar refractivity (Wildman–Crippen MR) is 120 cm³/mol. The lowest BCUT2D eigenvalue weighted by Crippen LogP contribution is -2.41. The number of carbonyl (C=O) groups is 2. The van der Waals surface area contributed by atoms with Crippen molar-refractivity contribution in [3.8, 4) is 5.75 Å². The van der Waals surface area contributed by atoms with Crippen molar-refractivity contribution in [2.45, 2.75) is 31.6 Å². The van der Waals surface area contributed by atoms with Gasteiger partial charge in [-0.2, -0.15) is 4.31 Å². The molecule has 32 heavy (non-hydrogen) atoms. The highest BCUT2D eigenvalue weighted by Crippen LogP contribution is 2.27. The lowest BCUT2D eigenvalue weighted by Gasteiger charge is -2.30. The molecule has 0 spiro atoms. The number of benzene rings is 2. The molecule has 172 valence electrons. The normalized spacial score (nSPS) is 15.2. The van der Waals surface area contributed by atoms with Gasteiger partial charge in [-0.05, 0) is 68.7 Å². The summed E-state index contributed by atoms with van der Waals surface area (Å²) < 4.78 is 37.3. The number of amides is 1. The maximum absolute atomic E-state index is 12.9. The zero-order valence-corrected chi connectivity index (χ0v) is 19.3. The Kier molecular flexibility index (Phi) is 7.52. The molecule has 9 heteroatoms. The fourth-order valence-corrected chi connectivity index (χ4v) is 5.06. The molecular formula is C23H28N2O6S. The number of anilines is 1. The number of methoxy groups -OCH3 is 1. The molecule has 0 aliphatic carbocycles. The van der Waals surface area contributed by atoms with Crippen LogP contribution >= 0.6 is 0 Å². The van der Waals surface area contributed by atoms with E-state index in [4.69, 9.17) is 9.47 Å². The van der Waals surface area contributed by atoms with Gasteiger partial charge in [-0.3, -0.25) is 4.79 Å². The van der Waals surface area contributed by atoms with Gasteiger partial charge in [-0.1, -0.05) is 6.07 Å². The second-order valence-electron chi connectivity index (χ2n) is 7.59. The number of aryl methyl sites for hydroxylation is 1. The summed E-state index contributed by atoms with van der Waals surface area (Å²) in [4.78, 5) is 25.0. The second kappa shape index (κ2) is 10.1. The average Bonchev–Trinajstić information content (AvgIpc) is 2.80. The topological polar surface area (TPSA) is 102 Å². The lowest BCUT2D eigenvalue weighted by molar-refractivity contribution is -0.120. The molecule has 0 radical (unpaired) electrons. The Morgan fingerprint density at radius 3 is 2.34 bits per heavy atom. The number of piperidine rings is 1. The predicted octanol–water partition coefficient (Wildman–Crippen LogP) is 3.22. The zero-order chi connectivity index (χ0) is 23.3. The number of sulfonamides is 1. The number of rotatable bonds is 7. The van der Waals surface area contributed by atoms with Gasteiger partial charge in [0.15, 0.2) is 0 Å². The summed E-state index contributed by atoms with van der Waals surface area (Å²) in [7, 11) is -2.11. The van der Waals surface area contributed by atoms with E-state index in [-0.39, 0.29) is 36.4 Å². The number of esters is 1. The van der Waals surface area contributed by atoms with Crippen molar-refractivity contribution in [1.82, 2.24) is 4.31 Å². The molecule has 0 saturated carbocycles. The van der Waals surface area contributed by atoms with Crippen LogP contribution in [0.1, 0.15) is 35.7 Å². The molecule has 1 aliphatic rings. The van der Waals surface area contributed by atoms with Crippen LogP contribution in [0.5, 0.6) is 5.75 Å². The van der Waals surface area contributed by atoms with Gasteiger partial charge in [0.05, 0.1) is 24.2 Å². The number of hydrogen-bond donors (Lipinski definition) is 1. The molecule has 1 amide bonds. The van der Waals surface area contributed by atoms with E-state index in [0.29, 0.717) is 29.8 Å². The van der Waals surface area contributed by atoms with E-state index in [1.807, 2.05) is 6.92 Å². The van der Waals surface area contributed by atoms with E-state index in [1.54, 1.807) is 37.3 Å². The first-order chi connectivity index (χ1) is 15.3. The molecule has 1 saturated heterocycles. The highest BCUT2D eigenvalue weighted by atomic mass is 32.2. The van der Waals surface area contributed by atoms with Gasteiger partial charge in [0.1, 0.15) is 5.75 Å². The maximum Gasteiger partial charge on any atom is 0.338 e. The summed E-state index contributed by atoms with van der Waals surface area (Å²) in [5, 5.41) is 2.89. The van der Waals surface area contributed by atoms with Crippen molar-refractivity contribution in [2.75, 3.05) is 32.1 Å². The standard InChI is InChI=1S/C23H28N2O6S/c1-4-31-23(27)18-6-5-16(2)21(15-18)24-22(26)17-11-13-25(14-12-17)32(28,29)20-9-7-19(30-3)8-10-20/h5-10,15,17H,4,11-14H2,1-3H3,(H,24,26). The molecule has 0 atom stereocenters. The minimum absolute atomic E-state index is 0.185. The molecule has 0 aromatic heterocycles. The molecule has 2 aromatic carbocycles. The van der Waals surface area contributed by atoms with E-state index < -0.39 is 16.0 Å². The number of nitrogens with zero attached hydrogens (tertiary/aromatic N) is 1. The SMILES string of the molecule is CCOC(=O)c1ccc(C)c(NC(=O)C2CCN(S(=O)(=O)c3ccc(OC)cc3)CC2)c1. The van der Waals surface area contributed by atoms with Crippen LogP contribution in [-0.4, -0.2) is 51.4 Å². The van der Waals surface area contributed by atoms with Crippen LogP contribution in [0.25, 0.3) is 0 Å². The Labute approximate surface area is 188 Å². The van der Waals surface area contributed by atoms with Gasteiger partial charge in [-0.15, -0.1) is 0 Å². The molecule has 8 nitrogen and oxygen atoms in total. The number of hydrogen-bond acceptors (Lipinski definition) is 6. The van der Waals surface area contributed by atoms with Crippen molar-refractivity contribution in [2.24, 2.45) is 5.92 Å². The summed E-state index contributed by atoms with van der Waals surface area (Å²) >= 11 is 0. The summed E-state index contributed by atoms with van der Waals surface area (Å²) in [6.45, 7) is 4.36. The first-order valence-electron chi connectivity index (χ1n) is 10.5. The molecule has 1 heterocycles. The summed E-state index contributed by atoms with van der Waals surface area (Å²) in [5.41, 5.74) is 1.74. The maximum atomic E-state index is 12.9. The van der Waals surface area contributed by atoms with Crippen LogP contribution in [-0.2, 0) is 19.6 Å². The lowest BCUT2D eigenvalue weighted by atomic mass is 9.97. The van der Waals surface area contributed by atoms with Gasteiger partial charge in [0.2, 0.25) is 15.9 Å². The van der Waals surface area contributed by atoms with Crippen molar-refractivity contribution < 1.29 is 27.5 Å². The third-order valence-corrected chi connectivity index (χ3v) is 7.44. The van der Waals surface area contributed by atoms with E-state index in [9.17, 15) is 18.0 Å².